The highest BCUT2D eigenvalue weighted by Gasteiger charge is 2.03. The fourth-order valence-electron chi connectivity index (χ4n) is 1.33. The first kappa shape index (κ1) is 13.5. The van der Waals surface area contributed by atoms with Crippen LogP contribution in [0.2, 0.25) is 0 Å². The predicted octanol–water partition coefficient (Wildman–Crippen LogP) is 2.18. The Morgan fingerprint density at radius 1 is 1.50 bits per heavy atom. The summed E-state index contributed by atoms with van der Waals surface area (Å²) in [6.07, 6.45) is 0. The van der Waals surface area contributed by atoms with Crippen molar-refractivity contribution in [1.29, 1.82) is 0 Å². The molecule has 0 aromatic heterocycles. The zero-order chi connectivity index (χ0) is 12.0. The molecule has 0 aliphatic rings. The van der Waals surface area contributed by atoms with E-state index in [1.165, 1.54) is 0 Å². The Hall–Kier alpha value is -0.580. The summed E-state index contributed by atoms with van der Waals surface area (Å²) in [7, 11) is 1.66. The highest BCUT2D eigenvalue weighted by atomic mass is 79.9. The molecule has 0 aliphatic heterocycles. The maximum absolute atomic E-state index is 8.90. The molecule has 0 saturated heterocycles. The highest BCUT2D eigenvalue weighted by Crippen LogP contribution is 2.22. The van der Waals surface area contributed by atoms with Crippen molar-refractivity contribution >= 4 is 15.9 Å². The van der Waals surface area contributed by atoms with Crippen LogP contribution in [0.25, 0.3) is 0 Å². The van der Waals surface area contributed by atoms with Gasteiger partial charge in [0.15, 0.2) is 0 Å². The number of benzene rings is 1. The molecule has 1 rings (SSSR count). The van der Waals surface area contributed by atoms with Gasteiger partial charge in [-0.15, -0.1) is 0 Å². The number of hydrogen-bond donors (Lipinski definition) is 2. The summed E-state index contributed by atoms with van der Waals surface area (Å²) in [6.45, 7) is 3.79. The smallest absolute Gasteiger partial charge is 0.119 e. The molecular formula is C12H18BrNO2. The molecule has 16 heavy (non-hydrogen) atoms. The van der Waals surface area contributed by atoms with Gasteiger partial charge in [0.25, 0.3) is 0 Å². The van der Waals surface area contributed by atoms with Crippen LogP contribution in [0.5, 0.6) is 5.75 Å². The van der Waals surface area contributed by atoms with Crippen molar-refractivity contribution < 1.29 is 9.84 Å². The lowest BCUT2D eigenvalue weighted by Crippen LogP contribution is -2.22. The number of ether oxygens (including phenoxy) is 1. The molecule has 0 amide bonds. The topological polar surface area (TPSA) is 41.5 Å². The third kappa shape index (κ3) is 4.12. The van der Waals surface area contributed by atoms with Gasteiger partial charge in [-0.2, -0.15) is 0 Å². The Labute approximate surface area is 105 Å². The Morgan fingerprint density at radius 3 is 2.88 bits per heavy atom. The van der Waals surface area contributed by atoms with Gasteiger partial charge < -0.3 is 15.2 Å². The van der Waals surface area contributed by atoms with Crippen molar-refractivity contribution in [2.75, 3.05) is 20.3 Å². The molecule has 0 heterocycles. The molecule has 3 nitrogen and oxygen atoms in total. The molecule has 2 N–H and O–H groups in total. The first-order chi connectivity index (χ1) is 7.67. The first-order valence-corrected chi connectivity index (χ1v) is 6.10. The fraction of sp³-hybridized carbons (Fsp3) is 0.500. The summed E-state index contributed by atoms with van der Waals surface area (Å²) in [6, 6.07) is 5.90. The lowest BCUT2D eigenvalue weighted by molar-refractivity contribution is 0.233. The Bertz CT molecular complexity index is 331. The van der Waals surface area contributed by atoms with Gasteiger partial charge in [-0.3, -0.25) is 0 Å². The van der Waals surface area contributed by atoms with Crippen LogP contribution >= 0.6 is 15.9 Å². The average Bonchev–Trinajstić information content (AvgIpc) is 2.31. The molecular weight excluding hydrogens is 270 g/mol. The number of aliphatic hydroxyl groups excluding tert-OH is 1. The van der Waals surface area contributed by atoms with Crippen molar-refractivity contribution in [3.05, 3.63) is 28.2 Å². The van der Waals surface area contributed by atoms with E-state index in [0.29, 0.717) is 0 Å². The van der Waals surface area contributed by atoms with Crippen LogP contribution in [0.4, 0.5) is 0 Å². The number of nitrogens with one attached hydrogen (secondary N) is 1. The van der Waals surface area contributed by atoms with Crippen LogP contribution in [-0.2, 0) is 6.54 Å². The number of methoxy groups -OCH3 is 1. The van der Waals surface area contributed by atoms with Crippen LogP contribution < -0.4 is 10.1 Å². The van der Waals surface area contributed by atoms with Crippen molar-refractivity contribution in [3.8, 4) is 5.75 Å². The molecule has 1 unspecified atom stereocenters. The van der Waals surface area contributed by atoms with E-state index in [-0.39, 0.29) is 12.5 Å². The molecule has 1 atom stereocenters. The Morgan fingerprint density at radius 2 is 2.25 bits per heavy atom. The lowest BCUT2D eigenvalue weighted by atomic mass is 10.2. The van der Waals surface area contributed by atoms with Gasteiger partial charge in [-0.25, -0.2) is 0 Å². The fourth-order valence-corrected chi connectivity index (χ4v) is 1.72. The number of hydrogen-bond acceptors (Lipinski definition) is 3. The van der Waals surface area contributed by atoms with Gasteiger partial charge in [0.05, 0.1) is 7.11 Å². The maximum Gasteiger partial charge on any atom is 0.119 e. The van der Waals surface area contributed by atoms with Gasteiger partial charge in [0.2, 0.25) is 0 Å². The van der Waals surface area contributed by atoms with Gasteiger partial charge in [-0.05, 0) is 29.7 Å². The third-order valence-electron chi connectivity index (χ3n) is 2.37. The van der Waals surface area contributed by atoms with E-state index in [9.17, 15) is 0 Å². The first-order valence-electron chi connectivity index (χ1n) is 5.31. The SMILES string of the molecule is COc1ccc(Br)c(CNCC(C)CO)c1. The average molecular weight is 288 g/mol. The monoisotopic (exact) mass is 287 g/mol. The number of aliphatic hydroxyl groups is 1. The van der Waals surface area contributed by atoms with Crippen molar-refractivity contribution in [1.82, 2.24) is 5.32 Å². The van der Waals surface area contributed by atoms with Gasteiger partial charge >= 0.3 is 0 Å². The van der Waals surface area contributed by atoms with Crippen molar-refractivity contribution in [3.63, 3.8) is 0 Å². The van der Waals surface area contributed by atoms with Crippen LogP contribution in [0.1, 0.15) is 12.5 Å². The molecule has 0 bridgehead atoms. The standard InChI is InChI=1S/C12H18BrNO2/c1-9(8-15)6-14-7-10-5-11(16-2)3-4-12(10)13/h3-5,9,14-15H,6-8H2,1-2H3. The normalized spacial score (nSPS) is 12.5. The predicted molar refractivity (Wildman–Crippen MR) is 68.7 cm³/mol. The minimum atomic E-state index is 0.215. The zero-order valence-electron chi connectivity index (χ0n) is 9.66. The van der Waals surface area contributed by atoms with E-state index in [1.807, 2.05) is 25.1 Å². The van der Waals surface area contributed by atoms with E-state index >= 15 is 0 Å². The lowest BCUT2D eigenvalue weighted by Gasteiger charge is -2.11. The van der Waals surface area contributed by atoms with Crippen LogP contribution in [0, 0.1) is 5.92 Å². The number of halogens is 1. The van der Waals surface area contributed by atoms with Gasteiger partial charge in [0.1, 0.15) is 5.75 Å². The second kappa shape index (κ2) is 6.89. The van der Waals surface area contributed by atoms with Gasteiger partial charge in [0, 0.05) is 24.2 Å². The molecule has 0 spiro atoms. The number of rotatable bonds is 6. The van der Waals surface area contributed by atoms with Crippen LogP contribution in [0.15, 0.2) is 22.7 Å². The molecule has 1 aromatic carbocycles. The quantitative estimate of drug-likeness (QED) is 0.843. The van der Waals surface area contributed by atoms with E-state index in [2.05, 4.69) is 21.2 Å². The second-order valence-corrected chi connectivity index (χ2v) is 4.73. The molecule has 1 aromatic rings. The minimum absolute atomic E-state index is 0.215. The summed E-state index contributed by atoms with van der Waals surface area (Å²) in [4.78, 5) is 0. The molecule has 0 radical (unpaired) electrons. The summed E-state index contributed by atoms with van der Waals surface area (Å²) >= 11 is 3.50. The minimum Gasteiger partial charge on any atom is -0.497 e. The van der Waals surface area contributed by atoms with Gasteiger partial charge in [-0.1, -0.05) is 22.9 Å². The summed E-state index contributed by atoms with van der Waals surface area (Å²) in [5.74, 6) is 1.14. The maximum atomic E-state index is 8.90. The summed E-state index contributed by atoms with van der Waals surface area (Å²) in [5, 5.41) is 12.2. The van der Waals surface area contributed by atoms with Crippen LogP contribution in [0.3, 0.4) is 0 Å². The summed E-state index contributed by atoms with van der Waals surface area (Å²) < 4.78 is 6.24. The Balaban J connectivity index is 2.52. The van der Waals surface area contributed by atoms with E-state index < -0.39 is 0 Å². The highest BCUT2D eigenvalue weighted by molar-refractivity contribution is 9.10. The van der Waals surface area contributed by atoms with E-state index in [1.54, 1.807) is 7.11 Å². The molecule has 90 valence electrons. The van der Waals surface area contributed by atoms with E-state index in [0.717, 1.165) is 28.9 Å². The second-order valence-electron chi connectivity index (χ2n) is 3.88. The largest absolute Gasteiger partial charge is 0.497 e. The Kier molecular flexibility index (Phi) is 5.80. The third-order valence-corrected chi connectivity index (χ3v) is 3.15. The van der Waals surface area contributed by atoms with Crippen LogP contribution in [-0.4, -0.2) is 25.4 Å². The molecule has 0 aliphatic carbocycles. The molecule has 0 fully saturated rings. The zero-order valence-corrected chi connectivity index (χ0v) is 11.3. The van der Waals surface area contributed by atoms with E-state index in [4.69, 9.17) is 9.84 Å². The van der Waals surface area contributed by atoms with Crippen molar-refractivity contribution in [2.45, 2.75) is 13.5 Å². The van der Waals surface area contributed by atoms with Crippen molar-refractivity contribution in [2.24, 2.45) is 5.92 Å². The molecule has 4 heteroatoms. The summed E-state index contributed by atoms with van der Waals surface area (Å²) in [5.41, 5.74) is 1.16. The molecule has 0 saturated carbocycles.